The number of nitrogens with two attached hydrogens (primary N) is 1. The fraction of sp³-hybridized carbons (Fsp3) is 0.364. The van der Waals surface area contributed by atoms with E-state index in [1.165, 1.54) is 0 Å². The van der Waals surface area contributed by atoms with Crippen molar-refractivity contribution in [3.8, 4) is 0 Å². The summed E-state index contributed by atoms with van der Waals surface area (Å²) in [5.74, 6) is 0. The Morgan fingerprint density at radius 2 is 1.10 bits per heavy atom. The summed E-state index contributed by atoms with van der Waals surface area (Å²) in [5, 5.41) is 44.5. The molecule has 0 aromatic heterocycles. The molecule has 0 radical (unpaired) electrons. The van der Waals surface area contributed by atoms with Gasteiger partial charge in [-0.1, -0.05) is 12.8 Å². The van der Waals surface area contributed by atoms with Crippen LogP contribution in [0.25, 0.3) is 0 Å². The molecule has 0 aliphatic rings. The van der Waals surface area contributed by atoms with Crippen LogP contribution >= 0.6 is 0 Å². The Labute approximate surface area is 224 Å². The van der Waals surface area contributed by atoms with Crippen LogP contribution in [0.3, 0.4) is 0 Å². The number of amides is 2. The maximum absolute atomic E-state index is 12.8. The molecule has 40 heavy (non-hydrogen) atoms. The predicted molar refractivity (Wildman–Crippen MR) is 134 cm³/mol. The summed E-state index contributed by atoms with van der Waals surface area (Å²) in [6, 6.07) is 5.43. The normalized spacial score (nSPS) is 10.4. The number of non-ortho nitro benzene ring substituents is 2. The molecule has 18 nitrogen and oxygen atoms in total. The minimum Gasteiger partial charge on any atom is -0.444 e. The highest BCUT2D eigenvalue weighted by Crippen LogP contribution is 2.27. The van der Waals surface area contributed by atoms with Crippen molar-refractivity contribution >= 4 is 34.9 Å². The van der Waals surface area contributed by atoms with Gasteiger partial charge in [0.15, 0.2) is 0 Å². The quantitative estimate of drug-likeness (QED) is 0.193. The molecule has 0 heterocycles. The van der Waals surface area contributed by atoms with Crippen molar-refractivity contribution in [1.29, 1.82) is 0 Å². The van der Waals surface area contributed by atoms with Crippen molar-refractivity contribution < 1.29 is 38.8 Å². The highest BCUT2D eigenvalue weighted by atomic mass is 16.6. The van der Waals surface area contributed by atoms with Crippen LogP contribution < -0.4 is 5.73 Å². The van der Waals surface area contributed by atoms with E-state index >= 15 is 0 Å². The van der Waals surface area contributed by atoms with Crippen LogP contribution in [0.1, 0.15) is 36.8 Å². The zero-order valence-electron chi connectivity index (χ0n) is 20.8. The Morgan fingerprint density at radius 1 is 0.675 bits per heavy atom. The van der Waals surface area contributed by atoms with Gasteiger partial charge >= 0.3 is 12.2 Å². The Morgan fingerprint density at radius 3 is 1.48 bits per heavy atom. The van der Waals surface area contributed by atoms with E-state index in [4.69, 9.17) is 15.2 Å². The molecule has 0 fully saturated rings. The molecule has 2 aromatic rings. The lowest BCUT2D eigenvalue weighted by atomic mass is 10.1. The van der Waals surface area contributed by atoms with Crippen LogP contribution in [-0.2, 0) is 22.7 Å². The fourth-order valence-electron chi connectivity index (χ4n) is 3.38. The van der Waals surface area contributed by atoms with Crippen LogP contribution in [0.4, 0.5) is 32.3 Å². The number of carbonyl (C=O) groups is 2. The number of nitro benzene ring substituents is 4. The third-order valence-electron chi connectivity index (χ3n) is 5.43. The van der Waals surface area contributed by atoms with Gasteiger partial charge in [-0.25, -0.2) is 14.5 Å². The summed E-state index contributed by atoms with van der Waals surface area (Å²) in [6.07, 6.45) is -0.250. The predicted octanol–water partition coefficient (Wildman–Crippen LogP) is 4.11. The number of hydrogen-bond acceptors (Lipinski definition) is 13. The molecule has 2 aromatic carbocycles. The lowest BCUT2D eigenvalue weighted by Crippen LogP contribution is -2.38. The zero-order valence-corrected chi connectivity index (χ0v) is 20.8. The molecule has 2 N–H and O–H groups in total. The number of benzene rings is 2. The Balaban J connectivity index is 2.19. The second-order valence-corrected chi connectivity index (χ2v) is 8.12. The first-order valence-electron chi connectivity index (χ1n) is 11.6. The number of unbranched alkanes of at least 4 members (excludes halogenated alkanes) is 3. The van der Waals surface area contributed by atoms with Crippen molar-refractivity contribution in [2.24, 2.45) is 5.73 Å². The number of hydrogen-bond donors (Lipinski definition) is 1. The van der Waals surface area contributed by atoms with Gasteiger partial charge in [-0.15, -0.1) is 0 Å². The van der Waals surface area contributed by atoms with Crippen molar-refractivity contribution in [3.05, 3.63) is 88.0 Å². The van der Waals surface area contributed by atoms with E-state index in [0.717, 1.165) is 24.3 Å². The number of ether oxygens (including phenoxy) is 2. The Bertz CT molecular complexity index is 1210. The maximum Gasteiger partial charge on any atom is 0.419 e. The molecular weight excluding hydrogens is 540 g/mol. The van der Waals surface area contributed by atoms with E-state index in [0.29, 0.717) is 49.3 Å². The average molecular weight is 564 g/mol. The first kappa shape index (κ1) is 31.0. The number of nitrogens with zero attached hydrogens (tertiary/aromatic N) is 5. The Kier molecular flexibility index (Phi) is 11.3. The van der Waals surface area contributed by atoms with Crippen LogP contribution in [0.5, 0.6) is 0 Å². The molecule has 0 saturated heterocycles. The van der Waals surface area contributed by atoms with Crippen LogP contribution in [0.15, 0.2) is 36.4 Å². The molecule has 2 rings (SSSR count). The van der Waals surface area contributed by atoms with Crippen LogP contribution in [0, 0.1) is 40.5 Å². The summed E-state index contributed by atoms with van der Waals surface area (Å²) in [5.41, 5.74) is 2.63. The van der Waals surface area contributed by atoms with Gasteiger partial charge in [0.1, 0.15) is 13.2 Å². The molecule has 0 aliphatic heterocycles. The molecule has 0 aliphatic carbocycles. The van der Waals surface area contributed by atoms with Gasteiger partial charge in [0.05, 0.1) is 43.0 Å². The number of imide groups is 1. The SMILES string of the molecule is NCCCCCCN(C(=O)OCc1ccc([N+](=O)[O-])cc1[N+](=O)[O-])C(=O)OCc1ccc([N+](=O)[O-])cc1[N+](=O)[O-]. The molecule has 214 valence electrons. The van der Waals surface area contributed by atoms with Gasteiger partial charge in [-0.2, -0.15) is 0 Å². The topological polar surface area (TPSA) is 254 Å². The molecule has 0 bridgehead atoms. The fourth-order valence-corrected chi connectivity index (χ4v) is 3.38. The molecule has 18 heteroatoms. The third-order valence-corrected chi connectivity index (χ3v) is 5.43. The van der Waals surface area contributed by atoms with E-state index in [2.05, 4.69) is 0 Å². The molecule has 0 unspecified atom stereocenters. The van der Waals surface area contributed by atoms with E-state index in [1.54, 1.807) is 0 Å². The number of nitro groups is 4. The third kappa shape index (κ3) is 8.65. The van der Waals surface area contributed by atoms with Gasteiger partial charge in [-0.3, -0.25) is 40.5 Å². The van der Waals surface area contributed by atoms with Crippen molar-refractivity contribution in [2.45, 2.75) is 38.9 Å². The summed E-state index contributed by atoms with van der Waals surface area (Å²) in [6.45, 7) is -1.18. The smallest absolute Gasteiger partial charge is 0.419 e. The highest BCUT2D eigenvalue weighted by molar-refractivity contribution is 5.87. The first-order valence-corrected chi connectivity index (χ1v) is 11.6. The van der Waals surface area contributed by atoms with Crippen molar-refractivity contribution in [1.82, 2.24) is 4.90 Å². The van der Waals surface area contributed by atoms with Gasteiger partial charge in [0.25, 0.3) is 22.7 Å². The van der Waals surface area contributed by atoms with E-state index in [9.17, 15) is 50.0 Å². The van der Waals surface area contributed by atoms with Gasteiger partial charge in [-0.05, 0) is 31.5 Å². The van der Waals surface area contributed by atoms with E-state index in [1.807, 2.05) is 0 Å². The lowest BCUT2D eigenvalue weighted by Gasteiger charge is -2.20. The first-order chi connectivity index (χ1) is 19.0. The second kappa shape index (κ2) is 14.6. The molecule has 2 amide bonds. The lowest BCUT2D eigenvalue weighted by molar-refractivity contribution is -0.395. The molecule has 0 spiro atoms. The van der Waals surface area contributed by atoms with Gasteiger partial charge in [0.2, 0.25) is 0 Å². The van der Waals surface area contributed by atoms with Crippen LogP contribution in [0.2, 0.25) is 0 Å². The summed E-state index contributed by atoms with van der Waals surface area (Å²) < 4.78 is 10.1. The standard InChI is InChI=1S/C22H24N6O12/c23-9-3-1-2-4-10-24(21(29)39-13-15-5-7-17(25(31)32)11-19(15)27(35)36)22(30)40-14-16-6-8-18(26(33)34)12-20(16)28(37)38/h5-8,11-12H,1-4,9-10,13-14,23H2. The molecule has 0 atom stereocenters. The maximum atomic E-state index is 12.8. The van der Waals surface area contributed by atoms with Crippen molar-refractivity contribution in [2.75, 3.05) is 13.1 Å². The largest absolute Gasteiger partial charge is 0.444 e. The minimum atomic E-state index is -1.25. The van der Waals surface area contributed by atoms with E-state index in [-0.39, 0.29) is 17.7 Å². The van der Waals surface area contributed by atoms with Crippen molar-refractivity contribution in [3.63, 3.8) is 0 Å². The van der Waals surface area contributed by atoms with E-state index < -0.39 is 67.8 Å². The number of carbonyl (C=O) groups excluding carboxylic acids is 2. The second-order valence-electron chi connectivity index (χ2n) is 8.12. The summed E-state index contributed by atoms with van der Waals surface area (Å²) >= 11 is 0. The Hall–Kier alpha value is -5.26. The summed E-state index contributed by atoms with van der Waals surface area (Å²) in [7, 11) is 0. The molecular formula is C22H24N6O12. The van der Waals surface area contributed by atoms with Crippen LogP contribution in [-0.4, -0.2) is 49.9 Å². The summed E-state index contributed by atoms with van der Waals surface area (Å²) in [4.78, 5) is 67.1. The minimum absolute atomic E-state index is 0.179. The van der Waals surface area contributed by atoms with Gasteiger partial charge in [0, 0.05) is 18.7 Å². The van der Waals surface area contributed by atoms with Gasteiger partial charge < -0.3 is 15.2 Å². The highest BCUT2D eigenvalue weighted by Gasteiger charge is 2.28. The average Bonchev–Trinajstić information content (AvgIpc) is 2.91. The monoisotopic (exact) mass is 564 g/mol. The molecule has 0 saturated carbocycles. The zero-order chi connectivity index (χ0) is 29.8. The number of rotatable bonds is 14.